The van der Waals surface area contributed by atoms with Gasteiger partial charge in [-0.1, -0.05) is 24.3 Å². The smallest absolute Gasteiger partial charge is 0.256 e. The van der Waals surface area contributed by atoms with Gasteiger partial charge in [0.2, 0.25) is 0 Å². The van der Waals surface area contributed by atoms with Crippen molar-refractivity contribution in [3.05, 3.63) is 72.7 Å². The zero-order valence-corrected chi connectivity index (χ0v) is 16.9. The number of para-hydroxylation sites is 3. The van der Waals surface area contributed by atoms with Gasteiger partial charge in [-0.05, 0) is 30.7 Å². The number of amides is 1. The van der Waals surface area contributed by atoms with Crippen LogP contribution in [0.25, 0.3) is 16.7 Å². The van der Waals surface area contributed by atoms with E-state index < -0.39 is 0 Å². The molecule has 0 N–H and O–H groups in total. The van der Waals surface area contributed by atoms with Gasteiger partial charge in [0.25, 0.3) is 5.91 Å². The van der Waals surface area contributed by atoms with Crippen LogP contribution in [0.5, 0.6) is 0 Å². The summed E-state index contributed by atoms with van der Waals surface area (Å²) in [6, 6.07) is 15.7. The average molecular weight is 411 g/mol. The summed E-state index contributed by atoms with van der Waals surface area (Å²) in [5.74, 6) is 1.48. The topological polar surface area (TPSA) is 80.0 Å². The van der Waals surface area contributed by atoms with Gasteiger partial charge in [-0.25, -0.2) is 4.98 Å². The number of piperidine rings is 1. The minimum absolute atomic E-state index is 0.0165. The minimum atomic E-state index is 0.0165. The van der Waals surface area contributed by atoms with Crippen molar-refractivity contribution in [1.82, 2.24) is 29.9 Å². The number of fused-ring (bicyclic) bond motifs is 2. The maximum Gasteiger partial charge on any atom is 0.256 e. The summed E-state index contributed by atoms with van der Waals surface area (Å²) in [6.07, 6.45) is 6.07. The van der Waals surface area contributed by atoms with Gasteiger partial charge in [-0.2, -0.15) is 15.0 Å². The van der Waals surface area contributed by atoms with Crippen LogP contribution in [0.3, 0.4) is 0 Å². The van der Waals surface area contributed by atoms with Gasteiger partial charge in [0, 0.05) is 25.6 Å². The van der Waals surface area contributed by atoms with Gasteiger partial charge in [0.05, 0.1) is 46.9 Å². The Kier molecular flexibility index (Phi) is 4.15. The van der Waals surface area contributed by atoms with Crippen LogP contribution < -0.4 is 4.90 Å². The molecule has 0 saturated carbocycles. The van der Waals surface area contributed by atoms with Crippen LogP contribution in [-0.4, -0.2) is 61.4 Å². The molecule has 8 nitrogen and oxygen atoms in total. The Balaban J connectivity index is 1.25. The van der Waals surface area contributed by atoms with Crippen molar-refractivity contribution in [1.29, 1.82) is 0 Å². The molecule has 4 heterocycles. The van der Waals surface area contributed by atoms with Gasteiger partial charge in [-0.3, -0.25) is 9.78 Å². The highest BCUT2D eigenvalue weighted by atomic mass is 16.2. The van der Waals surface area contributed by atoms with Crippen molar-refractivity contribution < 1.29 is 4.79 Å². The molecule has 154 valence electrons. The van der Waals surface area contributed by atoms with E-state index >= 15 is 0 Å². The number of nitrogens with zero attached hydrogens (tertiary/aromatic N) is 7. The van der Waals surface area contributed by atoms with E-state index in [1.165, 1.54) is 4.80 Å². The number of carbonyl (C=O) groups is 1. The number of aromatic nitrogens is 5. The summed E-state index contributed by atoms with van der Waals surface area (Å²) in [6.45, 7) is 2.41. The molecule has 0 unspecified atom stereocenters. The molecular weight excluding hydrogens is 390 g/mol. The van der Waals surface area contributed by atoms with Crippen molar-refractivity contribution in [2.75, 3.05) is 24.5 Å². The summed E-state index contributed by atoms with van der Waals surface area (Å²) in [7, 11) is 0. The molecule has 8 heteroatoms. The first-order valence-corrected chi connectivity index (χ1v) is 10.5. The second-order valence-electron chi connectivity index (χ2n) is 8.07. The molecular formula is C23H21N7O. The molecule has 31 heavy (non-hydrogen) atoms. The molecule has 2 aromatic heterocycles. The Labute approximate surface area is 179 Å². The molecule has 0 aliphatic carbocycles. The Morgan fingerprint density at radius 2 is 1.71 bits per heavy atom. The summed E-state index contributed by atoms with van der Waals surface area (Å²) < 4.78 is 0. The lowest BCUT2D eigenvalue weighted by Crippen LogP contribution is -2.65. The molecule has 0 bridgehead atoms. The van der Waals surface area contributed by atoms with E-state index in [-0.39, 0.29) is 11.9 Å². The molecule has 6 rings (SSSR count). The number of rotatable bonds is 3. The second-order valence-corrected chi connectivity index (χ2v) is 8.07. The van der Waals surface area contributed by atoms with Crippen LogP contribution >= 0.6 is 0 Å². The van der Waals surface area contributed by atoms with Crippen LogP contribution in [0.1, 0.15) is 16.8 Å². The molecule has 0 radical (unpaired) electrons. The van der Waals surface area contributed by atoms with E-state index in [1.54, 1.807) is 12.4 Å². The van der Waals surface area contributed by atoms with Crippen molar-refractivity contribution in [3.8, 4) is 5.69 Å². The number of anilines is 1. The zero-order valence-electron chi connectivity index (χ0n) is 16.9. The van der Waals surface area contributed by atoms with E-state index in [0.29, 0.717) is 23.7 Å². The second kappa shape index (κ2) is 7.16. The summed E-state index contributed by atoms with van der Waals surface area (Å²) >= 11 is 0. The molecule has 2 atom stereocenters. The Hall–Kier alpha value is -3.81. The molecule has 4 aromatic rings. The van der Waals surface area contributed by atoms with E-state index in [2.05, 4.69) is 20.1 Å². The molecule has 2 aromatic carbocycles. The summed E-state index contributed by atoms with van der Waals surface area (Å²) in [5.41, 5.74) is 3.11. The quantitative estimate of drug-likeness (QED) is 0.516. The van der Waals surface area contributed by atoms with Crippen molar-refractivity contribution in [3.63, 3.8) is 0 Å². The van der Waals surface area contributed by atoms with Gasteiger partial charge < -0.3 is 9.80 Å². The fourth-order valence-corrected chi connectivity index (χ4v) is 4.67. The number of benzene rings is 2. The van der Waals surface area contributed by atoms with Gasteiger partial charge >= 0.3 is 0 Å². The molecule has 2 aliphatic heterocycles. The normalized spacial score (nSPS) is 20.4. The van der Waals surface area contributed by atoms with E-state index in [9.17, 15) is 4.79 Å². The standard InChI is InChI=1S/C23H21N7O/c31-23(17-5-1-4-8-20(17)30-25-10-11-26-30)28-12-9-16-14-29(21(16)15-28)22-13-24-18-6-2-3-7-19(18)27-22/h1-8,10-11,13,16,21H,9,12,14-15H2/t16-,21-/m0/s1. The highest BCUT2D eigenvalue weighted by molar-refractivity contribution is 5.97. The Bertz CT molecular complexity index is 1260. The first kappa shape index (κ1) is 18.0. The van der Waals surface area contributed by atoms with Crippen LogP contribution in [0.2, 0.25) is 0 Å². The van der Waals surface area contributed by atoms with Crippen molar-refractivity contribution in [2.24, 2.45) is 5.92 Å². The molecule has 2 fully saturated rings. The summed E-state index contributed by atoms with van der Waals surface area (Å²) in [4.78, 5) is 28.5. The third-order valence-corrected chi connectivity index (χ3v) is 6.34. The lowest BCUT2D eigenvalue weighted by Gasteiger charge is -2.53. The van der Waals surface area contributed by atoms with Crippen molar-refractivity contribution >= 4 is 22.8 Å². The largest absolute Gasteiger partial charge is 0.350 e. The van der Waals surface area contributed by atoms with E-state index in [0.717, 1.165) is 36.4 Å². The summed E-state index contributed by atoms with van der Waals surface area (Å²) in [5, 5.41) is 8.40. The van der Waals surface area contributed by atoms with Crippen LogP contribution in [0.15, 0.2) is 67.1 Å². The minimum Gasteiger partial charge on any atom is -0.350 e. The predicted octanol–water partition coefficient (Wildman–Crippen LogP) is 2.56. The van der Waals surface area contributed by atoms with E-state index in [1.807, 2.05) is 59.6 Å². The SMILES string of the molecule is O=C(c1ccccc1-n1nccn1)N1CC[C@H]2CN(c3cnc4ccccc4n3)[C@H]2C1. The van der Waals surface area contributed by atoms with Gasteiger partial charge in [0.1, 0.15) is 5.82 Å². The van der Waals surface area contributed by atoms with Crippen LogP contribution in [-0.2, 0) is 0 Å². The predicted molar refractivity (Wildman–Crippen MR) is 116 cm³/mol. The monoisotopic (exact) mass is 411 g/mol. The van der Waals surface area contributed by atoms with Gasteiger partial charge in [-0.15, -0.1) is 0 Å². The number of hydrogen-bond donors (Lipinski definition) is 0. The average Bonchev–Trinajstić information content (AvgIpc) is 3.34. The molecule has 0 spiro atoms. The highest BCUT2D eigenvalue weighted by Gasteiger charge is 2.44. The number of likely N-dealkylation sites (tertiary alicyclic amines) is 1. The van der Waals surface area contributed by atoms with Crippen LogP contribution in [0.4, 0.5) is 5.82 Å². The third-order valence-electron chi connectivity index (χ3n) is 6.34. The van der Waals surface area contributed by atoms with E-state index in [4.69, 9.17) is 4.98 Å². The maximum atomic E-state index is 13.4. The first-order chi connectivity index (χ1) is 15.3. The maximum absolute atomic E-state index is 13.4. The Morgan fingerprint density at radius 3 is 2.58 bits per heavy atom. The molecule has 2 aliphatic rings. The zero-order chi connectivity index (χ0) is 20.8. The number of carbonyl (C=O) groups excluding carboxylic acids is 1. The fourth-order valence-electron chi connectivity index (χ4n) is 4.67. The Morgan fingerprint density at radius 1 is 0.935 bits per heavy atom. The lowest BCUT2D eigenvalue weighted by atomic mass is 9.82. The molecule has 2 saturated heterocycles. The number of hydrogen-bond acceptors (Lipinski definition) is 6. The van der Waals surface area contributed by atoms with Crippen molar-refractivity contribution in [2.45, 2.75) is 12.5 Å². The third kappa shape index (κ3) is 3.02. The molecule has 1 amide bonds. The van der Waals surface area contributed by atoms with Crippen LogP contribution in [0, 0.1) is 5.92 Å². The first-order valence-electron chi connectivity index (χ1n) is 10.5. The highest BCUT2D eigenvalue weighted by Crippen LogP contribution is 2.36. The fraction of sp³-hybridized carbons (Fsp3) is 0.261. The van der Waals surface area contributed by atoms with Gasteiger partial charge in [0.15, 0.2) is 0 Å². The lowest BCUT2D eigenvalue weighted by molar-refractivity contribution is 0.0591.